The van der Waals surface area contributed by atoms with Crippen LogP contribution in [-0.2, 0) is 4.74 Å². The second-order valence-corrected chi connectivity index (χ2v) is 4.56. The van der Waals surface area contributed by atoms with Crippen molar-refractivity contribution in [2.24, 2.45) is 0 Å². The number of carbonyl (C=O) groups is 1. The van der Waals surface area contributed by atoms with E-state index in [-0.39, 0.29) is 11.3 Å². The van der Waals surface area contributed by atoms with Gasteiger partial charge in [-0.2, -0.15) is 0 Å². The summed E-state index contributed by atoms with van der Waals surface area (Å²) in [7, 11) is 1.30. The molecule has 0 unspecified atom stereocenters. The molecule has 0 amide bonds. The van der Waals surface area contributed by atoms with Crippen molar-refractivity contribution in [3.05, 3.63) is 46.6 Å². The number of ether oxygens (including phenoxy) is 1. The Morgan fingerprint density at radius 3 is 2.85 bits per heavy atom. The topological polar surface area (TPSA) is 77.2 Å². The van der Waals surface area contributed by atoms with Gasteiger partial charge in [0.15, 0.2) is 5.82 Å². The summed E-state index contributed by atoms with van der Waals surface area (Å²) < 4.78 is 4.67. The Balaban J connectivity index is 2.39. The van der Waals surface area contributed by atoms with Crippen LogP contribution in [0.5, 0.6) is 0 Å². The zero-order chi connectivity index (χ0) is 14.7. The fourth-order valence-corrected chi connectivity index (χ4v) is 1.91. The zero-order valence-electron chi connectivity index (χ0n) is 11.1. The lowest BCUT2D eigenvalue weighted by molar-refractivity contribution is 0.0602. The molecule has 0 saturated heterocycles. The zero-order valence-corrected chi connectivity index (χ0v) is 11.9. The van der Waals surface area contributed by atoms with E-state index in [4.69, 9.17) is 17.3 Å². The van der Waals surface area contributed by atoms with Crippen LogP contribution in [-0.4, -0.2) is 18.1 Å². The number of nitrogens with zero attached hydrogens (tertiary/aromatic N) is 1. The Morgan fingerprint density at radius 1 is 1.40 bits per heavy atom. The van der Waals surface area contributed by atoms with Gasteiger partial charge < -0.3 is 15.8 Å². The molecule has 6 heteroatoms. The number of pyridine rings is 1. The molecule has 20 heavy (non-hydrogen) atoms. The number of methoxy groups -OCH3 is 1. The summed E-state index contributed by atoms with van der Waals surface area (Å²) in [5, 5.41) is 3.71. The van der Waals surface area contributed by atoms with Gasteiger partial charge >= 0.3 is 5.97 Å². The summed E-state index contributed by atoms with van der Waals surface area (Å²) in [5.41, 5.74) is 8.09. The van der Waals surface area contributed by atoms with Crippen LogP contribution in [0.3, 0.4) is 0 Å². The standard InChI is InChI=1S/C14H14ClN3O2/c1-8-10(15)4-3-5-11(8)18-13-12(16)9(6-7-17-13)14(19)20-2/h3-7H,16H2,1-2H3,(H,17,18). The Labute approximate surface area is 121 Å². The van der Waals surface area contributed by atoms with Gasteiger partial charge in [-0.1, -0.05) is 17.7 Å². The van der Waals surface area contributed by atoms with Crippen LogP contribution in [0.2, 0.25) is 5.02 Å². The van der Waals surface area contributed by atoms with Gasteiger partial charge in [-0.05, 0) is 30.7 Å². The molecule has 0 aliphatic carbocycles. The number of hydrogen-bond acceptors (Lipinski definition) is 5. The molecule has 0 radical (unpaired) electrons. The highest BCUT2D eigenvalue weighted by atomic mass is 35.5. The van der Waals surface area contributed by atoms with Crippen LogP contribution in [0.25, 0.3) is 0 Å². The molecule has 1 heterocycles. The molecule has 0 fully saturated rings. The average Bonchev–Trinajstić information content (AvgIpc) is 2.45. The van der Waals surface area contributed by atoms with Crippen LogP contribution in [0, 0.1) is 6.92 Å². The van der Waals surface area contributed by atoms with E-state index in [9.17, 15) is 4.79 Å². The molecule has 0 atom stereocenters. The lowest BCUT2D eigenvalue weighted by atomic mass is 10.2. The number of esters is 1. The molecule has 3 N–H and O–H groups in total. The van der Waals surface area contributed by atoms with Crippen LogP contribution < -0.4 is 11.1 Å². The van der Waals surface area contributed by atoms with Gasteiger partial charge in [0.1, 0.15) is 0 Å². The molecule has 1 aromatic carbocycles. The van der Waals surface area contributed by atoms with Crippen molar-refractivity contribution in [1.82, 2.24) is 4.98 Å². The number of carbonyl (C=O) groups excluding carboxylic acids is 1. The Hall–Kier alpha value is -2.27. The van der Waals surface area contributed by atoms with Crippen LogP contribution in [0.15, 0.2) is 30.5 Å². The number of rotatable bonds is 3. The maximum absolute atomic E-state index is 11.6. The normalized spacial score (nSPS) is 10.2. The van der Waals surface area contributed by atoms with E-state index in [1.54, 1.807) is 6.07 Å². The average molecular weight is 292 g/mol. The molecule has 0 aliphatic heterocycles. The fraction of sp³-hybridized carbons (Fsp3) is 0.143. The first-order chi connectivity index (χ1) is 9.54. The largest absolute Gasteiger partial charge is 0.465 e. The molecule has 2 aromatic rings. The minimum atomic E-state index is -0.504. The highest BCUT2D eigenvalue weighted by Crippen LogP contribution is 2.29. The number of benzene rings is 1. The van der Waals surface area contributed by atoms with Gasteiger partial charge in [0.05, 0.1) is 18.4 Å². The van der Waals surface area contributed by atoms with E-state index in [1.807, 2.05) is 19.1 Å². The summed E-state index contributed by atoms with van der Waals surface area (Å²) in [6, 6.07) is 6.98. The second kappa shape index (κ2) is 5.79. The fourth-order valence-electron chi connectivity index (χ4n) is 1.73. The van der Waals surface area contributed by atoms with Crippen molar-refractivity contribution < 1.29 is 9.53 Å². The number of halogens is 1. The van der Waals surface area contributed by atoms with Gasteiger partial charge in [-0.3, -0.25) is 0 Å². The van der Waals surface area contributed by atoms with Gasteiger partial charge in [-0.25, -0.2) is 9.78 Å². The van der Waals surface area contributed by atoms with E-state index in [1.165, 1.54) is 19.4 Å². The van der Waals surface area contributed by atoms with E-state index in [0.29, 0.717) is 10.8 Å². The summed E-state index contributed by atoms with van der Waals surface area (Å²) in [5.74, 6) is -0.117. The first-order valence-electron chi connectivity index (χ1n) is 5.89. The van der Waals surface area contributed by atoms with E-state index in [0.717, 1.165) is 11.3 Å². The first kappa shape index (κ1) is 14.1. The number of nitrogen functional groups attached to an aromatic ring is 1. The summed E-state index contributed by atoms with van der Waals surface area (Å²) in [6.07, 6.45) is 1.49. The second-order valence-electron chi connectivity index (χ2n) is 4.15. The Morgan fingerprint density at radius 2 is 2.15 bits per heavy atom. The molecule has 0 bridgehead atoms. The molecular formula is C14H14ClN3O2. The number of nitrogens with two attached hydrogens (primary N) is 1. The van der Waals surface area contributed by atoms with Gasteiger partial charge in [0.25, 0.3) is 0 Å². The molecule has 0 spiro atoms. The number of hydrogen-bond donors (Lipinski definition) is 2. The van der Waals surface area contributed by atoms with Crippen molar-refractivity contribution in [3.63, 3.8) is 0 Å². The van der Waals surface area contributed by atoms with Crippen LogP contribution in [0.1, 0.15) is 15.9 Å². The van der Waals surface area contributed by atoms with Crippen molar-refractivity contribution in [1.29, 1.82) is 0 Å². The third-order valence-electron chi connectivity index (χ3n) is 2.92. The third kappa shape index (κ3) is 2.67. The predicted octanol–water partition coefficient (Wildman–Crippen LogP) is 3.16. The Kier molecular flexibility index (Phi) is 4.10. The van der Waals surface area contributed by atoms with Crippen LogP contribution in [0.4, 0.5) is 17.2 Å². The lowest BCUT2D eigenvalue weighted by Crippen LogP contribution is -2.09. The van der Waals surface area contributed by atoms with Gasteiger partial charge in [-0.15, -0.1) is 0 Å². The number of nitrogens with one attached hydrogen (secondary N) is 1. The number of anilines is 3. The summed E-state index contributed by atoms with van der Waals surface area (Å²) >= 11 is 6.06. The third-order valence-corrected chi connectivity index (χ3v) is 3.33. The molecular weight excluding hydrogens is 278 g/mol. The van der Waals surface area contributed by atoms with Crippen molar-refractivity contribution in [2.45, 2.75) is 6.92 Å². The molecule has 104 valence electrons. The molecule has 0 aliphatic rings. The van der Waals surface area contributed by atoms with Gasteiger partial charge in [0, 0.05) is 16.9 Å². The van der Waals surface area contributed by atoms with Crippen molar-refractivity contribution in [3.8, 4) is 0 Å². The molecule has 2 rings (SSSR count). The highest BCUT2D eigenvalue weighted by molar-refractivity contribution is 6.31. The number of aromatic nitrogens is 1. The van der Waals surface area contributed by atoms with E-state index < -0.39 is 5.97 Å². The van der Waals surface area contributed by atoms with Crippen molar-refractivity contribution in [2.75, 3.05) is 18.2 Å². The monoisotopic (exact) mass is 291 g/mol. The van der Waals surface area contributed by atoms with Crippen molar-refractivity contribution >= 4 is 34.8 Å². The minimum absolute atomic E-state index is 0.235. The van der Waals surface area contributed by atoms with Crippen LogP contribution >= 0.6 is 11.6 Å². The van der Waals surface area contributed by atoms with Gasteiger partial charge in [0.2, 0.25) is 0 Å². The lowest BCUT2D eigenvalue weighted by Gasteiger charge is -2.13. The maximum Gasteiger partial charge on any atom is 0.340 e. The summed E-state index contributed by atoms with van der Waals surface area (Å²) in [6.45, 7) is 1.88. The Bertz CT molecular complexity index is 659. The van der Waals surface area contributed by atoms with E-state index >= 15 is 0 Å². The molecule has 5 nitrogen and oxygen atoms in total. The smallest absolute Gasteiger partial charge is 0.340 e. The molecule has 0 saturated carbocycles. The first-order valence-corrected chi connectivity index (χ1v) is 6.27. The highest BCUT2D eigenvalue weighted by Gasteiger charge is 2.14. The maximum atomic E-state index is 11.6. The predicted molar refractivity (Wildman–Crippen MR) is 79.5 cm³/mol. The summed E-state index contributed by atoms with van der Waals surface area (Å²) in [4.78, 5) is 15.7. The SMILES string of the molecule is COC(=O)c1ccnc(Nc2cccc(Cl)c2C)c1N. The minimum Gasteiger partial charge on any atom is -0.465 e. The quantitative estimate of drug-likeness (QED) is 0.850. The molecule has 1 aromatic heterocycles. The van der Waals surface area contributed by atoms with E-state index in [2.05, 4.69) is 15.0 Å².